The fourth-order valence-corrected chi connectivity index (χ4v) is 4.77. The first-order chi connectivity index (χ1) is 14.8. The molecule has 0 unspecified atom stereocenters. The molecule has 1 spiro atoms. The molecule has 0 bridgehead atoms. The summed E-state index contributed by atoms with van der Waals surface area (Å²) < 4.78 is 18.9. The number of hydrogen-bond acceptors (Lipinski definition) is 6. The maximum absolute atomic E-state index is 10.3. The van der Waals surface area contributed by atoms with Gasteiger partial charge < -0.3 is 19.3 Å². The molecule has 0 saturated carbocycles. The van der Waals surface area contributed by atoms with Crippen molar-refractivity contribution < 1.29 is 19.3 Å². The van der Waals surface area contributed by atoms with Gasteiger partial charge in [0, 0.05) is 36.2 Å². The van der Waals surface area contributed by atoms with Crippen molar-refractivity contribution in [3.63, 3.8) is 0 Å². The van der Waals surface area contributed by atoms with Crippen LogP contribution >= 0.6 is 0 Å². The Labute approximate surface area is 182 Å². The molecule has 1 aromatic carbocycles. The lowest BCUT2D eigenvalue weighted by Crippen LogP contribution is -2.67. The lowest BCUT2D eigenvalue weighted by molar-refractivity contribution is -0.196. The summed E-state index contributed by atoms with van der Waals surface area (Å²) in [4.78, 5) is 2.43. The molecule has 0 radical (unpaired) electrons. The second-order valence-corrected chi connectivity index (χ2v) is 9.58. The number of ether oxygens (including phenoxy) is 3. The van der Waals surface area contributed by atoms with Crippen LogP contribution in [-0.4, -0.2) is 65.2 Å². The number of fused-ring (bicyclic) bond motifs is 1. The normalized spacial score (nSPS) is 18.1. The van der Waals surface area contributed by atoms with Gasteiger partial charge in [0.1, 0.15) is 22.8 Å². The van der Waals surface area contributed by atoms with Gasteiger partial charge in [0.2, 0.25) is 0 Å². The van der Waals surface area contributed by atoms with Crippen LogP contribution in [0.5, 0.6) is 17.2 Å². The molecule has 3 aromatic rings. The zero-order chi connectivity index (χ0) is 21.8. The van der Waals surface area contributed by atoms with Gasteiger partial charge in [-0.1, -0.05) is 0 Å². The predicted octanol–water partition coefficient (Wildman–Crippen LogP) is 3.51. The zero-order valence-corrected chi connectivity index (χ0v) is 18.5. The number of nitrogens with zero attached hydrogens (tertiary/aromatic N) is 3. The van der Waals surface area contributed by atoms with Gasteiger partial charge in [0.15, 0.2) is 0 Å². The Morgan fingerprint density at radius 2 is 2.00 bits per heavy atom. The number of methoxy groups -OCH3 is 1. The number of hydrogen-bond donors (Lipinski definition) is 1. The summed E-state index contributed by atoms with van der Waals surface area (Å²) in [5.41, 5.74) is 3.53. The molecule has 1 N–H and O–H groups in total. The van der Waals surface area contributed by atoms with Crippen molar-refractivity contribution in [2.45, 2.75) is 26.4 Å². The van der Waals surface area contributed by atoms with E-state index in [9.17, 15) is 5.11 Å². The molecule has 7 nitrogen and oxygen atoms in total. The van der Waals surface area contributed by atoms with E-state index in [-0.39, 0.29) is 11.4 Å². The highest BCUT2D eigenvalue weighted by Gasteiger charge is 2.49. The van der Waals surface area contributed by atoms with Crippen LogP contribution in [0.1, 0.15) is 19.4 Å². The van der Waals surface area contributed by atoms with Crippen molar-refractivity contribution in [1.82, 2.24) is 14.5 Å². The highest BCUT2D eigenvalue weighted by Crippen LogP contribution is 2.39. The lowest BCUT2D eigenvalue weighted by atomic mass is 9.77. The van der Waals surface area contributed by atoms with Crippen molar-refractivity contribution in [3.8, 4) is 28.4 Å². The van der Waals surface area contributed by atoms with Crippen molar-refractivity contribution in [3.05, 3.63) is 42.2 Å². The molecule has 5 rings (SSSR count). The molecular weight excluding hydrogens is 394 g/mol. The van der Waals surface area contributed by atoms with Crippen LogP contribution in [0.25, 0.3) is 16.6 Å². The van der Waals surface area contributed by atoms with Gasteiger partial charge in [-0.25, -0.2) is 4.52 Å². The number of phenolic OH excluding ortho intramolecular Hbond substituents is 1. The first kappa shape index (κ1) is 20.2. The van der Waals surface area contributed by atoms with Gasteiger partial charge in [0.05, 0.1) is 38.2 Å². The van der Waals surface area contributed by atoms with E-state index in [2.05, 4.69) is 23.8 Å². The van der Waals surface area contributed by atoms with Gasteiger partial charge in [-0.05, 0) is 50.6 Å². The molecule has 0 amide bonds. The number of likely N-dealkylation sites (tertiary alicyclic amines) is 1. The quantitative estimate of drug-likeness (QED) is 0.654. The van der Waals surface area contributed by atoms with Crippen molar-refractivity contribution in [2.75, 3.05) is 40.0 Å². The van der Waals surface area contributed by atoms with Gasteiger partial charge >= 0.3 is 0 Å². The lowest BCUT2D eigenvalue weighted by Gasteiger charge is -2.56. The highest BCUT2D eigenvalue weighted by molar-refractivity contribution is 5.82. The third-order valence-corrected chi connectivity index (χ3v) is 6.29. The van der Waals surface area contributed by atoms with Gasteiger partial charge in [-0.3, -0.25) is 4.90 Å². The largest absolute Gasteiger partial charge is 0.508 e. The standard InChI is InChI=1S/C24H29N3O4/c1-16-21(28)7-17(8-22(16)29-4)19-9-25-27-10-18(5-6-20(19)27)31-23(2,3)11-26-12-24(13-26)14-30-15-24/h5-10,28H,11-15H2,1-4H3. The van der Waals surface area contributed by atoms with Crippen molar-refractivity contribution in [2.24, 2.45) is 5.41 Å². The third kappa shape index (κ3) is 3.62. The van der Waals surface area contributed by atoms with E-state index in [1.807, 2.05) is 35.8 Å². The second kappa shape index (κ2) is 7.14. The number of aromatic hydroxyl groups is 1. The minimum atomic E-state index is -0.314. The number of phenols is 1. The van der Waals surface area contributed by atoms with Gasteiger partial charge in [-0.2, -0.15) is 5.10 Å². The molecule has 164 valence electrons. The van der Waals surface area contributed by atoms with E-state index < -0.39 is 0 Å². The highest BCUT2D eigenvalue weighted by atomic mass is 16.5. The Kier molecular flexibility index (Phi) is 4.64. The molecule has 0 aliphatic carbocycles. The molecule has 2 aliphatic heterocycles. The molecule has 2 fully saturated rings. The zero-order valence-electron chi connectivity index (χ0n) is 18.5. The summed E-state index contributed by atoms with van der Waals surface area (Å²) >= 11 is 0. The minimum absolute atomic E-state index is 0.205. The summed E-state index contributed by atoms with van der Waals surface area (Å²) in [5.74, 6) is 1.63. The minimum Gasteiger partial charge on any atom is -0.508 e. The number of pyridine rings is 1. The van der Waals surface area contributed by atoms with Crippen LogP contribution in [0.4, 0.5) is 0 Å². The van der Waals surface area contributed by atoms with Crippen LogP contribution in [0, 0.1) is 12.3 Å². The topological polar surface area (TPSA) is 68.5 Å². The Morgan fingerprint density at radius 1 is 1.23 bits per heavy atom. The molecule has 4 heterocycles. The predicted molar refractivity (Wildman–Crippen MR) is 118 cm³/mol. The average molecular weight is 424 g/mol. The van der Waals surface area contributed by atoms with E-state index in [1.54, 1.807) is 19.4 Å². The van der Waals surface area contributed by atoms with Gasteiger partial charge in [-0.15, -0.1) is 0 Å². The maximum Gasteiger partial charge on any atom is 0.138 e. The first-order valence-corrected chi connectivity index (χ1v) is 10.6. The molecule has 7 heteroatoms. The van der Waals surface area contributed by atoms with Crippen LogP contribution in [0.2, 0.25) is 0 Å². The Hall–Kier alpha value is -2.77. The van der Waals surface area contributed by atoms with Crippen LogP contribution in [-0.2, 0) is 4.74 Å². The SMILES string of the molecule is COc1cc(-c2cnn3cc(OC(C)(C)CN4CC5(COC5)C4)ccc23)cc(O)c1C. The summed E-state index contributed by atoms with van der Waals surface area (Å²) in [6.07, 6.45) is 3.71. The molecular formula is C24H29N3O4. The van der Waals surface area contributed by atoms with Crippen molar-refractivity contribution >= 4 is 5.52 Å². The first-order valence-electron chi connectivity index (χ1n) is 10.6. The smallest absolute Gasteiger partial charge is 0.138 e. The number of aromatic nitrogens is 2. The fraction of sp³-hybridized carbons (Fsp3) is 0.458. The monoisotopic (exact) mass is 423 g/mol. The number of benzene rings is 1. The van der Waals surface area contributed by atoms with E-state index in [0.717, 1.165) is 60.8 Å². The Bertz CT molecular complexity index is 1130. The molecule has 2 saturated heterocycles. The Balaban J connectivity index is 1.34. The van der Waals surface area contributed by atoms with E-state index in [1.165, 1.54) is 0 Å². The van der Waals surface area contributed by atoms with E-state index in [0.29, 0.717) is 11.2 Å². The average Bonchev–Trinajstić information content (AvgIpc) is 3.07. The summed E-state index contributed by atoms with van der Waals surface area (Å²) in [5, 5.41) is 14.8. The summed E-state index contributed by atoms with van der Waals surface area (Å²) in [7, 11) is 1.60. The second-order valence-electron chi connectivity index (χ2n) is 9.58. The van der Waals surface area contributed by atoms with Crippen LogP contribution < -0.4 is 9.47 Å². The Morgan fingerprint density at radius 3 is 2.68 bits per heavy atom. The van der Waals surface area contributed by atoms with E-state index in [4.69, 9.17) is 14.2 Å². The summed E-state index contributed by atoms with van der Waals surface area (Å²) in [6, 6.07) is 7.65. The van der Waals surface area contributed by atoms with Crippen molar-refractivity contribution in [1.29, 1.82) is 0 Å². The number of rotatable bonds is 6. The summed E-state index contributed by atoms with van der Waals surface area (Å²) in [6.45, 7) is 10.9. The van der Waals surface area contributed by atoms with Crippen LogP contribution in [0.15, 0.2) is 36.7 Å². The molecule has 0 atom stereocenters. The van der Waals surface area contributed by atoms with Gasteiger partial charge in [0.25, 0.3) is 0 Å². The third-order valence-electron chi connectivity index (χ3n) is 6.29. The maximum atomic E-state index is 10.3. The fourth-order valence-electron chi connectivity index (χ4n) is 4.77. The van der Waals surface area contributed by atoms with E-state index >= 15 is 0 Å². The van der Waals surface area contributed by atoms with Crippen LogP contribution in [0.3, 0.4) is 0 Å². The molecule has 31 heavy (non-hydrogen) atoms. The molecule has 2 aromatic heterocycles. The molecule has 2 aliphatic rings.